The topological polar surface area (TPSA) is 76.0 Å². The highest BCUT2D eigenvalue weighted by Gasteiger charge is 2.31. The van der Waals surface area contributed by atoms with E-state index in [0.29, 0.717) is 35.2 Å². The molecule has 0 saturated carbocycles. The van der Waals surface area contributed by atoms with Crippen molar-refractivity contribution in [3.63, 3.8) is 0 Å². The van der Waals surface area contributed by atoms with E-state index < -0.39 is 6.04 Å². The van der Waals surface area contributed by atoms with E-state index >= 15 is 4.39 Å². The number of amides is 1. The number of ketones is 1. The molecule has 2 heterocycles. The quantitative estimate of drug-likeness (QED) is 0.443. The van der Waals surface area contributed by atoms with Crippen LogP contribution in [-0.4, -0.2) is 34.1 Å². The minimum Gasteiger partial charge on any atom is -0.341 e. The van der Waals surface area contributed by atoms with Gasteiger partial charge in [0.1, 0.15) is 11.9 Å². The van der Waals surface area contributed by atoms with Crippen molar-refractivity contribution in [3.05, 3.63) is 76.9 Å². The van der Waals surface area contributed by atoms with E-state index in [0.717, 1.165) is 24.4 Å². The van der Waals surface area contributed by atoms with Gasteiger partial charge in [-0.2, -0.15) is 5.10 Å². The molecule has 0 aliphatic carbocycles. The van der Waals surface area contributed by atoms with Gasteiger partial charge in [0.05, 0.1) is 11.7 Å². The molecule has 190 valence electrons. The van der Waals surface area contributed by atoms with Crippen LogP contribution in [0, 0.1) is 19.7 Å². The van der Waals surface area contributed by atoms with Crippen LogP contribution in [0.3, 0.4) is 0 Å². The van der Waals surface area contributed by atoms with Gasteiger partial charge in [0, 0.05) is 24.2 Å². The van der Waals surface area contributed by atoms with Crippen LogP contribution in [0.2, 0.25) is 0 Å². The van der Waals surface area contributed by atoms with Crippen molar-refractivity contribution in [2.45, 2.75) is 71.5 Å². The van der Waals surface area contributed by atoms with Gasteiger partial charge in [0.15, 0.2) is 5.78 Å². The van der Waals surface area contributed by atoms with Gasteiger partial charge in [-0.25, -0.2) is 4.39 Å². The zero-order chi connectivity index (χ0) is 25.8. The Hall–Kier alpha value is -3.32. The summed E-state index contributed by atoms with van der Waals surface area (Å²) in [4.78, 5) is 26.8. The smallest absolute Gasteiger partial charge is 0.237 e. The van der Waals surface area contributed by atoms with Crippen molar-refractivity contribution in [2.24, 2.45) is 0 Å². The SMILES string of the molecule is Cc1cc(C)n(CCC(=O)C(NC(=O)C2CCCN2)c2ccc(C(C)C)c(F)c2-c2ccccc2)n1. The molecule has 1 aliphatic rings. The molecule has 1 aromatic heterocycles. The molecular weight excluding hydrogens is 455 g/mol. The van der Waals surface area contributed by atoms with Gasteiger partial charge in [-0.1, -0.05) is 56.3 Å². The first-order chi connectivity index (χ1) is 17.3. The van der Waals surface area contributed by atoms with E-state index in [1.165, 1.54) is 0 Å². The second-order valence-electron chi connectivity index (χ2n) is 9.91. The minimum atomic E-state index is -0.970. The van der Waals surface area contributed by atoms with Gasteiger partial charge in [0.25, 0.3) is 0 Å². The lowest BCUT2D eigenvalue weighted by molar-refractivity contribution is -0.129. The zero-order valence-electron chi connectivity index (χ0n) is 21.5. The third-order valence-corrected chi connectivity index (χ3v) is 6.86. The average Bonchev–Trinajstić information content (AvgIpc) is 3.50. The number of carbonyl (C=O) groups excluding carboxylic acids is 2. The molecule has 1 fully saturated rings. The van der Waals surface area contributed by atoms with Crippen molar-refractivity contribution in [2.75, 3.05) is 6.54 Å². The van der Waals surface area contributed by atoms with E-state index in [2.05, 4.69) is 15.7 Å². The van der Waals surface area contributed by atoms with Crippen molar-refractivity contribution in [1.29, 1.82) is 0 Å². The van der Waals surface area contributed by atoms with Crippen molar-refractivity contribution in [3.8, 4) is 11.1 Å². The maximum absolute atomic E-state index is 16.0. The van der Waals surface area contributed by atoms with Crippen LogP contribution < -0.4 is 10.6 Å². The third-order valence-electron chi connectivity index (χ3n) is 6.86. The molecule has 1 saturated heterocycles. The summed E-state index contributed by atoms with van der Waals surface area (Å²) in [5.41, 5.74) is 3.95. The molecule has 36 heavy (non-hydrogen) atoms. The fourth-order valence-corrected chi connectivity index (χ4v) is 4.94. The predicted octanol–water partition coefficient (Wildman–Crippen LogP) is 5.00. The largest absolute Gasteiger partial charge is 0.341 e. The Morgan fingerprint density at radius 1 is 1.14 bits per heavy atom. The molecule has 1 amide bonds. The first-order valence-electron chi connectivity index (χ1n) is 12.7. The maximum atomic E-state index is 16.0. The van der Waals surface area contributed by atoms with Gasteiger partial charge in [-0.3, -0.25) is 14.3 Å². The Morgan fingerprint density at radius 2 is 1.86 bits per heavy atom. The van der Waals surface area contributed by atoms with Crippen molar-refractivity contribution < 1.29 is 14.0 Å². The molecule has 3 aromatic rings. The van der Waals surface area contributed by atoms with Crippen LogP contribution in [0.5, 0.6) is 0 Å². The van der Waals surface area contributed by atoms with Crippen LogP contribution in [-0.2, 0) is 16.1 Å². The number of Topliss-reactive ketones (excluding diaryl/α,β-unsaturated/α-hetero) is 1. The summed E-state index contributed by atoms with van der Waals surface area (Å²) in [7, 11) is 0. The van der Waals surface area contributed by atoms with Crippen LogP contribution in [0.1, 0.15) is 67.6 Å². The summed E-state index contributed by atoms with van der Waals surface area (Å²) in [5, 5.41) is 10.6. The lowest BCUT2D eigenvalue weighted by Gasteiger charge is -2.25. The monoisotopic (exact) mass is 490 g/mol. The van der Waals surface area contributed by atoms with Gasteiger partial charge in [0.2, 0.25) is 5.91 Å². The summed E-state index contributed by atoms with van der Waals surface area (Å²) in [6, 6.07) is 13.4. The molecule has 6 nitrogen and oxygen atoms in total. The fraction of sp³-hybridized carbons (Fsp3) is 0.414. The van der Waals surface area contributed by atoms with E-state index in [-0.39, 0.29) is 35.9 Å². The van der Waals surface area contributed by atoms with E-state index in [9.17, 15) is 9.59 Å². The number of hydrogen-bond donors (Lipinski definition) is 2. The Kier molecular flexibility index (Phi) is 7.99. The maximum Gasteiger partial charge on any atom is 0.237 e. The Labute approximate surface area is 212 Å². The number of carbonyl (C=O) groups is 2. The fourth-order valence-electron chi connectivity index (χ4n) is 4.94. The Bertz CT molecular complexity index is 1230. The Morgan fingerprint density at radius 3 is 2.47 bits per heavy atom. The average molecular weight is 491 g/mol. The highest BCUT2D eigenvalue weighted by molar-refractivity contribution is 5.93. The molecule has 0 spiro atoms. The molecule has 0 bridgehead atoms. The van der Waals surface area contributed by atoms with Crippen LogP contribution in [0.4, 0.5) is 4.39 Å². The van der Waals surface area contributed by atoms with Gasteiger partial charge in [-0.05, 0) is 61.9 Å². The lowest BCUT2D eigenvalue weighted by atomic mass is 9.87. The first-order valence-corrected chi connectivity index (χ1v) is 12.7. The van der Waals surface area contributed by atoms with E-state index in [1.54, 1.807) is 16.8 Å². The zero-order valence-corrected chi connectivity index (χ0v) is 21.5. The third kappa shape index (κ3) is 5.57. The normalized spacial score (nSPS) is 16.3. The Balaban J connectivity index is 1.74. The predicted molar refractivity (Wildman–Crippen MR) is 139 cm³/mol. The molecule has 2 atom stereocenters. The summed E-state index contributed by atoms with van der Waals surface area (Å²) in [5.74, 6) is -0.788. The lowest BCUT2D eigenvalue weighted by Crippen LogP contribution is -2.44. The van der Waals surface area contributed by atoms with Crippen LogP contribution in [0.25, 0.3) is 11.1 Å². The molecule has 7 heteroatoms. The highest BCUT2D eigenvalue weighted by atomic mass is 19.1. The van der Waals surface area contributed by atoms with E-state index in [4.69, 9.17) is 0 Å². The van der Waals surface area contributed by atoms with Crippen LogP contribution >= 0.6 is 0 Å². The summed E-state index contributed by atoms with van der Waals surface area (Å²) >= 11 is 0. The number of hydrogen-bond acceptors (Lipinski definition) is 4. The number of halogens is 1. The molecule has 2 unspecified atom stereocenters. The second-order valence-corrected chi connectivity index (χ2v) is 9.91. The number of nitrogens with zero attached hydrogens (tertiary/aromatic N) is 2. The molecule has 0 radical (unpaired) electrons. The molecule has 4 rings (SSSR count). The van der Waals surface area contributed by atoms with E-state index in [1.807, 2.05) is 64.1 Å². The molecule has 1 aliphatic heterocycles. The summed E-state index contributed by atoms with van der Waals surface area (Å²) in [6.07, 6.45) is 1.78. The van der Waals surface area contributed by atoms with Crippen molar-refractivity contribution in [1.82, 2.24) is 20.4 Å². The standard InChI is InChI=1S/C29H35FN4O2/c1-18(2)22-12-13-23(26(27(22)30)21-9-6-5-7-10-21)28(32-29(36)24-11-8-15-31-24)25(35)14-16-34-20(4)17-19(3)33-34/h5-7,9-10,12-13,17-18,24,28,31H,8,11,14-16H2,1-4H3,(H,32,36). The molecule has 2 N–H and O–H groups in total. The van der Waals surface area contributed by atoms with Crippen LogP contribution in [0.15, 0.2) is 48.5 Å². The first kappa shape index (κ1) is 25.8. The summed E-state index contributed by atoms with van der Waals surface area (Å²) < 4.78 is 17.8. The van der Waals surface area contributed by atoms with Crippen molar-refractivity contribution >= 4 is 11.7 Å². The number of benzene rings is 2. The second kappa shape index (κ2) is 11.2. The number of aryl methyl sites for hydroxylation is 3. The number of rotatable bonds is 9. The highest BCUT2D eigenvalue weighted by Crippen LogP contribution is 2.36. The summed E-state index contributed by atoms with van der Waals surface area (Å²) in [6.45, 7) is 8.90. The number of nitrogens with one attached hydrogen (secondary N) is 2. The van der Waals surface area contributed by atoms with Gasteiger partial charge in [-0.15, -0.1) is 0 Å². The minimum absolute atomic E-state index is 0.0287. The molecular formula is C29H35FN4O2. The number of aromatic nitrogens is 2. The molecule has 2 aromatic carbocycles. The van der Waals surface area contributed by atoms with Gasteiger partial charge < -0.3 is 10.6 Å². The van der Waals surface area contributed by atoms with Gasteiger partial charge >= 0.3 is 0 Å².